The van der Waals surface area contributed by atoms with E-state index in [-0.39, 0.29) is 11.8 Å². The number of anilines is 1. The molecule has 9 heteroatoms. The second kappa shape index (κ2) is 7.82. The van der Waals surface area contributed by atoms with Crippen LogP contribution in [0.4, 0.5) is 5.13 Å². The van der Waals surface area contributed by atoms with Gasteiger partial charge >= 0.3 is 0 Å². The van der Waals surface area contributed by atoms with Gasteiger partial charge in [0.1, 0.15) is 4.88 Å². The first-order chi connectivity index (χ1) is 11.6. The van der Waals surface area contributed by atoms with Crippen molar-refractivity contribution in [3.63, 3.8) is 0 Å². The van der Waals surface area contributed by atoms with E-state index in [1.54, 1.807) is 11.8 Å². The van der Waals surface area contributed by atoms with Gasteiger partial charge < -0.3 is 0 Å². The highest BCUT2D eigenvalue weighted by atomic mass is 32.2. The number of rotatable bonds is 6. The molecule has 0 aliphatic carbocycles. The molecule has 2 heterocycles. The van der Waals surface area contributed by atoms with Gasteiger partial charge in [-0.15, -0.1) is 15.3 Å². The van der Waals surface area contributed by atoms with Gasteiger partial charge in [-0.3, -0.25) is 10.1 Å². The lowest BCUT2D eigenvalue weighted by molar-refractivity contribution is 0.102. The van der Waals surface area contributed by atoms with Gasteiger partial charge in [-0.25, -0.2) is 0 Å². The Morgan fingerprint density at radius 2 is 2.00 bits per heavy atom. The summed E-state index contributed by atoms with van der Waals surface area (Å²) in [6.45, 7) is 3.97. The van der Waals surface area contributed by atoms with Crippen molar-refractivity contribution in [3.8, 4) is 0 Å². The fourth-order valence-corrected chi connectivity index (χ4v) is 4.34. The van der Waals surface area contributed by atoms with Crippen LogP contribution in [0.5, 0.6) is 0 Å². The Bertz CT molecular complexity index is 815. The van der Waals surface area contributed by atoms with Gasteiger partial charge in [-0.2, -0.15) is 0 Å². The minimum atomic E-state index is -0.232. The smallest absolute Gasteiger partial charge is 0.271 e. The number of hydrogen-bond acceptors (Lipinski definition) is 8. The van der Waals surface area contributed by atoms with Crippen LogP contribution in [0, 0.1) is 0 Å². The van der Waals surface area contributed by atoms with E-state index in [1.807, 2.05) is 32.0 Å². The number of thioether (sulfide) groups is 1. The van der Waals surface area contributed by atoms with E-state index in [0.29, 0.717) is 15.7 Å². The lowest BCUT2D eigenvalue weighted by atomic mass is 10.1. The summed E-state index contributed by atoms with van der Waals surface area (Å²) in [6, 6.07) is 10.2. The van der Waals surface area contributed by atoms with Crippen molar-refractivity contribution in [1.82, 2.24) is 19.8 Å². The van der Waals surface area contributed by atoms with Crippen LogP contribution in [0.3, 0.4) is 0 Å². The second-order valence-electron chi connectivity index (χ2n) is 5.24. The predicted octanol–water partition coefficient (Wildman–Crippen LogP) is 4.06. The largest absolute Gasteiger partial charge is 0.296 e. The first kappa shape index (κ1) is 17.0. The molecule has 0 atom stereocenters. The zero-order chi connectivity index (χ0) is 16.9. The molecule has 1 N–H and O–H groups in total. The van der Waals surface area contributed by atoms with Crippen LogP contribution >= 0.6 is 34.6 Å². The molecule has 0 spiro atoms. The predicted molar refractivity (Wildman–Crippen MR) is 97.9 cm³/mol. The first-order valence-electron chi connectivity index (χ1n) is 7.27. The first-order valence-corrected chi connectivity index (χ1v) is 9.85. The standard InChI is InChI=1S/C15H15N5OS3/c1-9(2)11-12(24-20-17-11)13(21)16-14-18-19-15(23-14)22-8-10-6-4-3-5-7-10/h3-7,9H,8H2,1-2H3,(H,16,18,21). The third-order valence-corrected chi connectivity index (χ3v) is 5.88. The van der Waals surface area contributed by atoms with Crippen molar-refractivity contribution in [2.75, 3.05) is 5.32 Å². The molecule has 0 aliphatic rings. The number of carbonyl (C=O) groups is 1. The SMILES string of the molecule is CC(C)c1nnsc1C(=O)Nc1nnc(SCc2ccccc2)s1. The quantitative estimate of drug-likeness (QED) is 0.515. The van der Waals surface area contributed by atoms with Crippen LogP contribution in [-0.4, -0.2) is 25.7 Å². The molecule has 3 aromatic rings. The number of amides is 1. The Morgan fingerprint density at radius 1 is 1.21 bits per heavy atom. The maximum atomic E-state index is 12.3. The minimum absolute atomic E-state index is 0.149. The molecule has 2 aromatic heterocycles. The average Bonchev–Trinajstić information content (AvgIpc) is 3.23. The molecule has 0 fully saturated rings. The summed E-state index contributed by atoms with van der Waals surface area (Å²) >= 11 is 4.06. The summed E-state index contributed by atoms with van der Waals surface area (Å²) in [5.74, 6) is 0.736. The summed E-state index contributed by atoms with van der Waals surface area (Å²) in [4.78, 5) is 12.9. The number of nitrogens with one attached hydrogen (secondary N) is 1. The normalized spacial score (nSPS) is 11.0. The molecule has 0 unspecified atom stereocenters. The van der Waals surface area contributed by atoms with Gasteiger partial charge in [0.05, 0.1) is 5.69 Å². The van der Waals surface area contributed by atoms with Gasteiger partial charge in [-0.1, -0.05) is 71.8 Å². The van der Waals surface area contributed by atoms with Crippen LogP contribution in [0.25, 0.3) is 0 Å². The van der Waals surface area contributed by atoms with Gasteiger partial charge in [0.15, 0.2) is 4.34 Å². The molecule has 0 saturated carbocycles. The van der Waals surface area contributed by atoms with E-state index in [9.17, 15) is 4.79 Å². The van der Waals surface area contributed by atoms with E-state index in [4.69, 9.17) is 0 Å². The van der Waals surface area contributed by atoms with Crippen molar-refractivity contribution in [2.24, 2.45) is 0 Å². The molecule has 1 amide bonds. The van der Waals surface area contributed by atoms with Crippen molar-refractivity contribution in [3.05, 3.63) is 46.5 Å². The summed E-state index contributed by atoms with van der Waals surface area (Å²) in [7, 11) is 0. The highest BCUT2D eigenvalue weighted by Gasteiger charge is 2.20. The molecule has 24 heavy (non-hydrogen) atoms. The van der Waals surface area contributed by atoms with Crippen LogP contribution in [0.2, 0.25) is 0 Å². The highest BCUT2D eigenvalue weighted by molar-refractivity contribution is 8.00. The Kier molecular flexibility index (Phi) is 5.54. The monoisotopic (exact) mass is 377 g/mol. The maximum absolute atomic E-state index is 12.3. The van der Waals surface area contributed by atoms with Crippen LogP contribution in [-0.2, 0) is 5.75 Å². The highest BCUT2D eigenvalue weighted by Crippen LogP contribution is 2.29. The van der Waals surface area contributed by atoms with E-state index in [1.165, 1.54) is 16.9 Å². The van der Waals surface area contributed by atoms with Crippen LogP contribution < -0.4 is 5.32 Å². The number of carbonyl (C=O) groups excluding carboxylic acids is 1. The average molecular weight is 378 g/mol. The van der Waals surface area contributed by atoms with Crippen LogP contribution in [0.1, 0.15) is 40.7 Å². The van der Waals surface area contributed by atoms with Gasteiger partial charge in [0.25, 0.3) is 5.91 Å². The minimum Gasteiger partial charge on any atom is -0.296 e. The van der Waals surface area contributed by atoms with Crippen LogP contribution in [0.15, 0.2) is 34.7 Å². The molecular formula is C15H15N5OS3. The molecule has 3 rings (SSSR count). The third-order valence-electron chi connectivity index (χ3n) is 3.10. The topological polar surface area (TPSA) is 80.7 Å². The summed E-state index contributed by atoms with van der Waals surface area (Å²) in [5, 5.41) is 15.4. The van der Waals surface area contributed by atoms with E-state index in [2.05, 4.69) is 37.2 Å². The summed E-state index contributed by atoms with van der Waals surface area (Å²) in [6.07, 6.45) is 0. The lowest BCUT2D eigenvalue weighted by Crippen LogP contribution is -2.12. The number of hydrogen-bond donors (Lipinski definition) is 1. The Morgan fingerprint density at radius 3 is 2.75 bits per heavy atom. The summed E-state index contributed by atoms with van der Waals surface area (Å²) < 4.78 is 4.69. The van der Waals surface area contributed by atoms with E-state index < -0.39 is 0 Å². The molecule has 0 radical (unpaired) electrons. The number of benzene rings is 1. The van der Waals surface area contributed by atoms with Gasteiger partial charge in [0, 0.05) is 5.75 Å². The Balaban J connectivity index is 1.61. The van der Waals surface area contributed by atoms with Crippen molar-refractivity contribution in [1.29, 1.82) is 0 Å². The summed E-state index contributed by atoms with van der Waals surface area (Å²) in [5.41, 5.74) is 1.93. The van der Waals surface area contributed by atoms with Gasteiger partial charge in [-0.05, 0) is 23.0 Å². The number of aromatic nitrogens is 4. The molecule has 0 aliphatic heterocycles. The fraction of sp³-hybridized carbons (Fsp3) is 0.267. The van der Waals surface area contributed by atoms with E-state index in [0.717, 1.165) is 21.6 Å². The van der Waals surface area contributed by atoms with Crippen molar-refractivity contribution in [2.45, 2.75) is 29.9 Å². The van der Waals surface area contributed by atoms with Gasteiger partial charge in [0.2, 0.25) is 5.13 Å². The molecular weight excluding hydrogens is 362 g/mol. The fourth-order valence-electron chi connectivity index (χ4n) is 1.92. The Labute approximate surface area is 151 Å². The molecule has 6 nitrogen and oxygen atoms in total. The Hall–Kier alpha value is -1.84. The van der Waals surface area contributed by atoms with Crippen molar-refractivity contribution >= 4 is 45.7 Å². The molecule has 1 aromatic carbocycles. The number of nitrogens with zero attached hydrogens (tertiary/aromatic N) is 4. The molecule has 124 valence electrons. The maximum Gasteiger partial charge on any atom is 0.271 e. The molecule has 0 bridgehead atoms. The third kappa shape index (κ3) is 4.16. The zero-order valence-electron chi connectivity index (χ0n) is 13.1. The zero-order valence-corrected chi connectivity index (χ0v) is 15.5. The van der Waals surface area contributed by atoms with Crippen molar-refractivity contribution < 1.29 is 4.79 Å². The van der Waals surface area contributed by atoms with E-state index >= 15 is 0 Å². The molecule has 0 saturated heterocycles. The lowest BCUT2D eigenvalue weighted by Gasteiger charge is -2.02. The second-order valence-corrected chi connectivity index (χ2v) is 8.20.